The number of hydrogen-bond acceptors (Lipinski definition) is 4. The molecule has 0 saturated carbocycles. The fourth-order valence-electron chi connectivity index (χ4n) is 2.32. The summed E-state index contributed by atoms with van der Waals surface area (Å²) >= 11 is 0. The fraction of sp³-hybridized carbons (Fsp3) is 0.933. The van der Waals surface area contributed by atoms with E-state index < -0.39 is 5.60 Å². The first-order valence-electron chi connectivity index (χ1n) is 7.46. The largest absolute Gasteiger partial charge is 0.459 e. The van der Waals surface area contributed by atoms with E-state index in [2.05, 4.69) is 17.1 Å². The van der Waals surface area contributed by atoms with Crippen LogP contribution >= 0.6 is 0 Å². The van der Waals surface area contributed by atoms with Crippen molar-refractivity contribution in [1.82, 2.24) is 10.2 Å². The summed E-state index contributed by atoms with van der Waals surface area (Å²) in [5.41, 5.74) is -0.409. The second-order valence-corrected chi connectivity index (χ2v) is 6.78. The molecule has 1 fully saturated rings. The number of hydrogen-bond donors (Lipinski definition) is 1. The predicted molar refractivity (Wildman–Crippen MR) is 78.1 cm³/mol. The molecule has 0 aromatic carbocycles. The molecule has 2 atom stereocenters. The lowest BCUT2D eigenvalue weighted by Gasteiger charge is -2.25. The molecule has 0 spiro atoms. The molecule has 0 aromatic heterocycles. The molecule has 2 unspecified atom stereocenters. The third-order valence-corrected chi connectivity index (χ3v) is 3.30. The lowest BCUT2D eigenvalue weighted by Crippen LogP contribution is -2.42. The molecule has 0 amide bonds. The number of esters is 1. The molecule has 19 heavy (non-hydrogen) atoms. The molecule has 0 bridgehead atoms. The third-order valence-electron chi connectivity index (χ3n) is 3.30. The summed E-state index contributed by atoms with van der Waals surface area (Å²) in [6, 6.07) is -0.236. The highest BCUT2D eigenvalue weighted by atomic mass is 16.6. The van der Waals surface area contributed by atoms with Gasteiger partial charge in [0.25, 0.3) is 0 Å². The van der Waals surface area contributed by atoms with Crippen LogP contribution in [0.4, 0.5) is 0 Å². The predicted octanol–water partition coefficient (Wildman–Crippen LogP) is 2.04. The number of carbonyl (C=O) groups excluding carboxylic acids is 1. The van der Waals surface area contributed by atoms with Crippen LogP contribution in [0, 0.1) is 5.92 Å². The van der Waals surface area contributed by atoms with Crippen molar-refractivity contribution in [2.45, 2.75) is 59.1 Å². The van der Waals surface area contributed by atoms with Crippen LogP contribution in [0.1, 0.15) is 47.5 Å². The Bertz CT molecular complexity index is 280. The molecule has 1 rings (SSSR count). The smallest absolute Gasteiger partial charge is 0.323 e. The zero-order chi connectivity index (χ0) is 14.5. The van der Waals surface area contributed by atoms with E-state index in [-0.39, 0.29) is 12.0 Å². The van der Waals surface area contributed by atoms with Crippen LogP contribution in [-0.4, -0.2) is 48.7 Å². The Hall–Kier alpha value is -0.610. The molecule has 1 heterocycles. The van der Waals surface area contributed by atoms with Gasteiger partial charge in [0.1, 0.15) is 11.6 Å². The van der Waals surface area contributed by atoms with Gasteiger partial charge in [0.2, 0.25) is 0 Å². The minimum atomic E-state index is -0.409. The molecular weight excluding hydrogens is 240 g/mol. The molecule has 112 valence electrons. The van der Waals surface area contributed by atoms with E-state index in [0.717, 1.165) is 13.1 Å². The minimum absolute atomic E-state index is 0.166. The first-order valence-corrected chi connectivity index (χ1v) is 7.46. The van der Waals surface area contributed by atoms with Crippen molar-refractivity contribution in [3.8, 4) is 0 Å². The zero-order valence-electron chi connectivity index (χ0n) is 13.2. The number of ether oxygens (including phenoxy) is 1. The summed E-state index contributed by atoms with van der Waals surface area (Å²) in [7, 11) is 0. The van der Waals surface area contributed by atoms with Crippen LogP contribution in [0.3, 0.4) is 0 Å². The van der Waals surface area contributed by atoms with Gasteiger partial charge in [-0.25, -0.2) is 0 Å². The van der Waals surface area contributed by atoms with Crippen LogP contribution in [0.2, 0.25) is 0 Å². The quantitative estimate of drug-likeness (QED) is 0.750. The molecule has 1 saturated heterocycles. The first kappa shape index (κ1) is 16.4. The summed E-state index contributed by atoms with van der Waals surface area (Å²) in [5, 5.41) is 3.28. The maximum absolute atomic E-state index is 11.8. The Morgan fingerprint density at radius 2 is 1.84 bits per heavy atom. The van der Waals surface area contributed by atoms with Crippen molar-refractivity contribution in [2.24, 2.45) is 5.92 Å². The van der Waals surface area contributed by atoms with Gasteiger partial charge in [0.15, 0.2) is 0 Å². The van der Waals surface area contributed by atoms with E-state index in [1.807, 2.05) is 27.7 Å². The summed E-state index contributed by atoms with van der Waals surface area (Å²) in [6.07, 6.45) is 2.66. The molecule has 0 aliphatic carbocycles. The molecular formula is C15H30N2O2. The average Bonchev–Trinajstić information content (AvgIpc) is 2.76. The van der Waals surface area contributed by atoms with Crippen molar-refractivity contribution in [1.29, 1.82) is 0 Å². The van der Waals surface area contributed by atoms with Gasteiger partial charge in [-0.3, -0.25) is 4.79 Å². The van der Waals surface area contributed by atoms with E-state index in [9.17, 15) is 4.79 Å². The number of nitrogens with zero attached hydrogens (tertiary/aromatic N) is 1. The monoisotopic (exact) mass is 270 g/mol. The maximum atomic E-state index is 11.8. The van der Waals surface area contributed by atoms with Crippen LogP contribution in [0.25, 0.3) is 0 Å². The molecule has 4 nitrogen and oxygen atoms in total. The lowest BCUT2D eigenvalue weighted by molar-refractivity contribution is -0.157. The van der Waals surface area contributed by atoms with E-state index >= 15 is 0 Å². The van der Waals surface area contributed by atoms with Crippen LogP contribution < -0.4 is 5.32 Å². The summed E-state index contributed by atoms with van der Waals surface area (Å²) in [6.45, 7) is 14.2. The summed E-state index contributed by atoms with van der Waals surface area (Å²) < 4.78 is 5.35. The van der Waals surface area contributed by atoms with Crippen LogP contribution in [-0.2, 0) is 9.53 Å². The lowest BCUT2D eigenvalue weighted by atomic mass is 10.1. The van der Waals surface area contributed by atoms with Crippen molar-refractivity contribution < 1.29 is 9.53 Å². The van der Waals surface area contributed by atoms with Crippen molar-refractivity contribution in [3.05, 3.63) is 0 Å². The summed E-state index contributed by atoms with van der Waals surface area (Å²) in [5.74, 6) is 0.392. The number of likely N-dealkylation sites (tertiary alicyclic amines) is 1. The van der Waals surface area contributed by atoms with Crippen LogP contribution in [0.15, 0.2) is 0 Å². The molecule has 0 aromatic rings. The Balaban J connectivity index is 2.21. The third kappa shape index (κ3) is 6.92. The van der Waals surface area contributed by atoms with E-state index in [1.165, 1.54) is 25.9 Å². The van der Waals surface area contributed by atoms with E-state index in [0.29, 0.717) is 5.92 Å². The maximum Gasteiger partial charge on any atom is 0.323 e. The Kier molecular flexibility index (Phi) is 6.27. The van der Waals surface area contributed by atoms with Crippen molar-refractivity contribution in [2.75, 3.05) is 26.2 Å². The Morgan fingerprint density at radius 3 is 2.37 bits per heavy atom. The van der Waals surface area contributed by atoms with Gasteiger partial charge in [-0.15, -0.1) is 0 Å². The van der Waals surface area contributed by atoms with Gasteiger partial charge < -0.3 is 15.0 Å². The second-order valence-electron chi connectivity index (χ2n) is 6.78. The van der Waals surface area contributed by atoms with Gasteiger partial charge in [-0.2, -0.15) is 0 Å². The molecule has 1 aliphatic rings. The number of rotatable bonds is 6. The standard InChI is InChI=1S/C15H30N2O2/c1-12(11-17-8-6-7-9-17)10-16-13(2)14(18)19-15(3,4)5/h12-13,16H,6-11H2,1-5H3. The van der Waals surface area contributed by atoms with Crippen molar-refractivity contribution >= 4 is 5.97 Å². The van der Waals surface area contributed by atoms with Gasteiger partial charge in [0, 0.05) is 6.54 Å². The highest BCUT2D eigenvalue weighted by Crippen LogP contribution is 2.11. The van der Waals surface area contributed by atoms with Crippen LogP contribution in [0.5, 0.6) is 0 Å². The topological polar surface area (TPSA) is 41.6 Å². The Morgan fingerprint density at radius 1 is 1.26 bits per heavy atom. The zero-order valence-corrected chi connectivity index (χ0v) is 13.2. The van der Waals surface area contributed by atoms with Gasteiger partial charge >= 0.3 is 5.97 Å². The van der Waals surface area contributed by atoms with Gasteiger partial charge in [0.05, 0.1) is 0 Å². The van der Waals surface area contributed by atoms with Gasteiger partial charge in [-0.1, -0.05) is 6.92 Å². The molecule has 4 heteroatoms. The van der Waals surface area contributed by atoms with E-state index in [4.69, 9.17) is 4.74 Å². The first-order chi connectivity index (χ1) is 8.78. The van der Waals surface area contributed by atoms with Gasteiger partial charge in [-0.05, 0) is 66.1 Å². The minimum Gasteiger partial charge on any atom is -0.459 e. The average molecular weight is 270 g/mol. The second kappa shape index (κ2) is 7.25. The fourth-order valence-corrected chi connectivity index (χ4v) is 2.32. The van der Waals surface area contributed by atoms with Crippen molar-refractivity contribution in [3.63, 3.8) is 0 Å². The highest BCUT2D eigenvalue weighted by Gasteiger charge is 2.22. The molecule has 0 radical (unpaired) electrons. The number of nitrogens with one attached hydrogen (secondary N) is 1. The SMILES string of the molecule is CC(CNC(C)C(=O)OC(C)(C)C)CN1CCCC1. The normalized spacial score (nSPS) is 20.3. The summed E-state index contributed by atoms with van der Waals surface area (Å²) in [4.78, 5) is 14.3. The molecule has 1 N–H and O–H groups in total. The number of carbonyl (C=O) groups is 1. The van der Waals surface area contributed by atoms with E-state index in [1.54, 1.807) is 0 Å². The Labute approximate surface area is 117 Å². The molecule has 1 aliphatic heterocycles. The highest BCUT2D eigenvalue weighted by molar-refractivity contribution is 5.75.